The van der Waals surface area contributed by atoms with Crippen molar-refractivity contribution >= 4 is 69.2 Å². The van der Waals surface area contributed by atoms with Crippen molar-refractivity contribution in [2.45, 2.75) is 13.8 Å². The molecule has 0 saturated carbocycles. The number of ether oxygens (including phenoxy) is 3. The molecule has 0 radical (unpaired) electrons. The highest BCUT2D eigenvalue weighted by Crippen LogP contribution is 2.37. The van der Waals surface area contributed by atoms with Crippen molar-refractivity contribution < 1.29 is 23.8 Å². The molecule has 4 rings (SSSR count). The Morgan fingerprint density at radius 3 is 2.45 bits per heavy atom. The Balaban J connectivity index is 1.46. The Bertz CT molecular complexity index is 1380. The van der Waals surface area contributed by atoms with Crippen LogP contribution in [0.3, 0.4) is 0 Å². The van der Waals surface area contributed by atoms with Gasteiger partial charge in [-0.05, 0) is 74.0 Å². The first-order valence-electron chi connectivity index (χ1n) is 11.8. The molecular weight excluding hydrogens is 544 g/mol. The number of benzene rings is 3. The third-order valence-electron chi connectivity index (χ3n) is 5.27. The molecule has 0 unspecified atom stereocenters. The number of carbonyl (C=O) groups is 2. The molecule has 38 heavy (non-hydrogen) atoms. The van der Waals surface area contributed by atoms with Gasteiger partial charge in [0.2, 0.25) is 0 Å². The Morgan fingerprint density at radius 1 is 1.00 bits per heavy atom. The van der Waals surface area contributed by atoms with Crippen molar-refractivity contribution in [3.63, 3.8) is 0 Å². The van der Waals surface area contributed by atoms with Gasteiger partial charge in [0, 0.05) is 0 Å². The van der Waals surface area contributed by atoms with E-state index in [4.69, 9.17) is 38.0 Å². The number of halogens is 1. The fourth-order valence-electron chi connectivity index (χ4n) is 3.59. The van der Waals surface area contributed by atoms with Gasteiger partial charge >= 0.3 is 0 Å². The molecule has 196 valence electrons. The number of anilines is 2. The van der Waals surface area contributed by atoms with Crippen LogP contribution >= 0.6 is 35.6 Å². The van der Waals surface area contributed by atoms with Crippen molar-refractivity contribution in [3.8, 4) is 17.2 Å². The smallest absolute Gasteiger partial charge is 0.270 e. The van der Waals surface area contributed by atoms with E-state index >= 15 is 0 Å². The molecule has 10 heteroatoms. The van der Waals surface area contributed by atoms with Gasteiger partial charge in [-0.25, -0.2) is 0 Å². The molecule has 1 aliphatic rings. The molecule has 3 aromatic rings. The summed E-state index contributed by atoms with van der Waals surface area (Å²) in [5.41, 5.74) is 1.91. The summed E-state index contributed by atoms with van der Waals surface area (Å²) in [6.45, 7) is 4.49. The number of thioether (sulfide) groups is 1. The van der Waals surface area contributed by atoms with Gasteiger partial charge in [-0.3, -0.25) is 14.5 Å². The Hall–Kier alpha value is -3.53. The van der Waals surface area contributed by atoms with Crippen molar-refractivity contribution in [2.24, 2.45) is 0 Å². The third kappa shape index (κ3) is 6.66. The Kier molecular flexibility index (Phi) is 9.28. The van der Waals surface area contributed by atoms with Crippen LogP contribution in [0.2, 0.25) is 5.02 Å². The molecule has 3 aromatic carbocycles. The van der Waals surface area contributed by atoms with Gasteiger partial charge in [0.25, 0.3) is 11.8 Å². The number of hydrogen-bond acceptors (Lipinski definition) is 7. The van der Waals surface area contributed by atoms with Crippen LogP contribution in [0.25, 0.3) is 6.08 Å². The topological polar surface area (TPSA) is 77.1 Å². The SMILES string of the molecule is CCOc1ccc(N2C(=O)/C(=C/c3ccc(OCC(=O)Nc4ccccc4Cl)c(OCC)c3)SC2=S)cc1. The maximum atomic E-state index is 13.2. The van der Waals surface area contributed by atoms with Gasteiger partial charge < -0.3 is 19.5 Å². The van der Waals surface area contributed by atoms with E-state index < -0.39 is 0 Å². The van der Waals surface area contributed by atoms with Crippen LogP contribution in [0, 0.1) is 0 Å². The molecule has 1 fully saturated rings. The maximum absolute atomic E-state index is 13.2. The molecule has 0 aromatic heterocycles. The van der Waals surface area contributed by atoms with Crippen LogP contribution < -0.4 is 24.4 Å². The lowest BCUT2D eigenvalue weighted by Crippen LogP contribution is -2.27. The van der Waals surface area contributed by atoms with E-state index in [0.717, 1.165) is 11.3 Å². The number of carbonyl (C=O) groups excluding carboxylic acids is 2. The van der Waals surface area contributed by atoms with E-state index in [0.29, 0.717) is 50.3 Å². The molecular formula is C28H25ClN2O5S2. The second-order valence-corrected chi connectivity index (χ2v) is 9.98. The number of rotatable bonds is 10. The van der Waals surface area contributed by atoms with Gasteiger partial charge in [-0.1, -0.05) is 53.8 Å². The summed E-state index contributed by atoms with van der Waals surface area (Å²) >= 11 is 12.8. The average Bonchev–Trinajstić information content (AvgIpc) is 3.18. The van der Waals surface area contributed by atoms with Crippen molar-refractivity contribution in [2.75, 3.05) is 30.0 Å². The lowest BCUT2D eigenvalue weighted by atomic mass is 10.1. The average molecular weight is 569 g/mol. The monoisotopic (exact) mass is 568 g/mol. The highest BCUT2D eigenvalue weighted by molar-refractivity contribution is 8.27. The first-order valence-corrected chi connectivity index (χ1v) is 13.4. The number of nitrogens with one attached hydrogen (secondary N) is 1. The first kappa shape index (κ1) is 27.5. The van der Waals surface area contributed by atoms with Crippen LogP contribution in [0.1, 0.15) is 19.4 Å². The molecule has 1 heterocycles. The molecule has 1 saturated heterocycles. The van der Waals surface area contributed by atoms with Crippen molar-refractivity contribution in [3.05, 3.63) is 82.2 Å². The van der Waals surface area contributed by atoms with Gasteiger partial charge in [0.1, 0.15) is 5.75 Å². The molecule has 2 amide bonds. The number of thiocarbonyl (C=S) groups is 1. The van der Waals surface area contributed by atoms with Crippen molar-refractivity contribution in [1.82, 2.24) is 0 Å². The molecule has 7 nitrogen and oxygen atoms in total. The van der Waals surface area contributed by atoms with Crippen molar-refractivity contribution in [1.29, 1.82) is 0 Å². The van der Waals surface area contributed by atoms with Crippen LogP contribution in [0.4, 0.5) is 11.4 Å². The van der Waals surface area contributed by atoms with Crippen LogP contribution in [0.5, 0.6) is 17.2 Å². The van der Waals surface area contributed by atoms with Crippen LogP contribution in [-0.4, -0.2) is 36.0 Å². The number of nitrogens with zero attached hydrogens (tertiary/aromatic N) is 1. The van der Waals surface area contributed by atoms with E-state index in [2.05, 4.69) is 5.32 Å². The second kappa shape index (κ2) is 12.8. The highest BCUT2D eigenvalue weighted by atomic mass is 35.5. The predicted molar refractivity (Wildman–Crippen MR) is 156 cm³/mol. The zero-order chi connectivity index (χ0) is 27.1. The minimum absolute atomic E-state index is 0.210. The van der Waals surface area contributed by atoms with Gasteiger partial charge in [0.15, 0.2) is 22.4 Å². The summed E-state index contributed by atoms with van der Waals surface area (Å²) < 4.78 is 17.4. The number of para-hydroxylation sites is 1. The lowest BCUT2D eigenvalue weighted by Gasteiger charge is -2.15. The standard InChI is InChI=1S/C28H25ClN2O5S2/c1-3-34-20-12-10-19(11-13-20)31-27(33)25(38-28(31)37)16-18-9-14-23(24(15-18)35-4-2)36-17-26(32)30-22-8-6-5-7-21(22)29/h5-16H,3-4,17H2,1-2H3,(H,30,32)/b25-16-. The fourth-order valence-corrected chi connectivity index (χ4v) is 5.08. The molecule has 0 aliphatic carbocycles. The summed E-state index contributed by atoms with van der Waals surface area (Å²) in [6.07, 6.45) is 1.75. The fraction of sp³-hybridized carbons (Fsp3) is 0.179. The predicted octanol–water partition coefficient (Wildman–Crippen LogP) is 6.56. The molecule has 0 bridgehead atoms. The minimum atomic E-state index is -0.359. The Labute approximate surface area is 235 Å². The number of hydrogen-bond donors (Lipinski definition) is 1. The summed E-state index contributed by atoms with van der Waals surface area (Å²) in [5, 5.41) is 3.16. The molecule has 1 aliphatic heterocycles. The maximum Gasteiger partial charge on any atom is 0.270 e. The summed E-state index contributed by atoms with van der Waals surface area (Å²) in [4.78, 5) is 27.5. The largest absolute Gasteiger partial charge is 0.494 e. The molecule has 0 spiro atoms. The quantitative estimate of drug-likeness (QED) is 0.219. The van der Waals surface area contributed by atoms with E-state index in [1.165, 1.54) is 16.7 Å². The zero-order valence-corrected chi connectivity index (χ0v) is 23.1. The molecule has 1 N–H and O–H groups in total. The van der Waals surface area contributed by atoms with E-state index in [-0.39, 0.29) is 18.4 Å². The number of amides is 2. The van der Waals surface area contributed by atoms with Gasteiger partial charge in [-0.2, -0.15) is 0 Å². The summed E-state index contributed by atoms with van der Waals surface area (Å²) in [5.74, 6) is 1.01. The van der Waals surface area contributed by atoms with E-state index in [1.54, 1.807) is 60.7 Å². The van der Waals surface area contributed by atoms with Crippen LogP contribution in [0.15, 0.2) is 71.6 Å². The van der Waals surface area contributed by atoms with E-state index in [9.17, 15) is 9.59 Å². The Morgan fingerprint density at radius 2 is 1.74 bits per heavy atom. The molecule has 0 atom stereocenters. The second-order valence-electron chi connectivity index (χ2n) is 7.90. The summed E-state index contributed by atoms with van der Waals surface area (Å²) in [6, 6.07) is 19.4. The first-order chi connectivity index (χ1) is 18.4. The summed E-state index contributed by atoms with van der Waals surface area (Å²) in [7, 11) is 0. The highest BCUT2D eigenvalue weighted by Gasteiger charge is 2.33. The minimum Gasteiger partial charge on any atom is -0.494 e. The normalized spacial score (nSPS) is 14.1. The zero-order valence-electron chi connectivity index (χ0n) is 20.7. The van der Waals surface area contributed by atoms with Crippen LogP contribution in [-0.2, 0) is 9.59 Å². The third-order valence-corrected chi connectivity index (χ3v) is 6.90. The lowest BCUT2D eigenvalue weighted by molar-refractivity contribution is -0.118. The van der Waals surface area contributed by atoms with Gasteiger partial charge in [0.05, 0.1) is 34.5 Å². The van der Waals surface area contributed by atoms with Gasteiger partial charge in [-0.15, -0.1) is 0 Å². The van der Waals surface area contributed by atoms with E-state index in [1.807, 2.05) is 26.0 Å².